The molecule has 30 nitrogen and oxygen atoms in total. The average Bonchev–Trinajstić information content (AvgIpc) is 1.60. The van der Waals surface area contributed by atoms with Crippen molar-refractivity contribution in [1.29, 1.82) is 0 Å². The van der Waals surface area contributed by atoms with Gasteiger partial charge in [-0.1, -0.05) is 162 Å². The molecule has 3 radical (unpaired) electrons. The van der Waals surface area contributed by atoms with E-state index in [0.717, 1.165) is 209 Å². The van der Waals surface area contributed by atoms with Crippen molar-refractivity contribution in [2.24, 2.45) is 64.1 Å². The monoisotopic (exact) mass is 2060 g/mol. The van der Waals surface area contributed by atoms with Crippen LogP contribution in [-0.4, -0.2) is 213 Å². The van der Waals surface area contributed by atoms with Crippen LogP contribution in [0.3, 0.4) is 0 Å². The second-order valence-corrected chi connectivity index (χ2v) is 42.1. The minimum Gasteiger partial charge on any atom is -0.540 e. The van der Waals surface area contributed by atoms with E-state index < -0.39 is 114 Å². The summed E-state index contributed by atoms with van der Waals surface area (Å²) >= 11 is 0. The number of amides is 6. The summed E-state index contributed by atoms with van der Waals surface area (Å²) in [7, 11) is 4.74. The van der Waals surface area contributed by atoms with E-state index in [4.69, 9.17) is 62.6 Å². The summed E-state index contributed by atoms with van der Waals surface area (Å²) in [6.45, 7) is 10.4. The molecule has 13 aliphatic rings. The topological polar surface area (TPSA) is 360 Å². The molecule has 2 unspecified atom stereocenters. The predicted molar refractivity (Wildman–Crippen MR) is 515 cm³/mol. The third kappa shape index (κ3) is 24.4. The molecule has 3 aromatic carbocycles. The van der Waals surface area contributed by atoms with E-state index >= 15 is 8.78 Å². The first-order chi connectivity index (χ1) is 66.9. The van der Waals surface area contributed by atoms with E-state index in [1.807, 2.05) is 63.5 Å². The molecule has 769 valence electrons. The third-order valence-electron chi connectivity index (χ3n) is 33.3. The van der Waals surface area contributed by atoms with Crippen LogP contribution in [0.4, 0.5) is 23.2 Å². The standard InChI is InChI=1S/C36H45F2N4O6.C36H49N4O6.C34H45N4O6.3V.3H2/c1-3-23-28(19-43)42-18-30(23)47-33-32(39-26-13-12-22(46-2)17-27(26)40-33)36(37,38)14-8-7-11-24-25-15-21(25)16-29(24)48-35(45)41-31(34(42)44)20-9-5-4-6-10-20;1-4-25-29(22-41)40-21-31(25)45-33-27(37-26-17-16-24(44-3)20-28(26)38-33)14-8-5-7-12-23-13-11-15-30(23)46-35(43)39-32(34(40)42)36(2)18-9-6-10-19-36;1-4-23-27(20-39)38-19-29(23)43-31-25(35-24-14-13-22(42-3)18-26(24)36-31)12-8-5-7-11-21-17-28(21)44-33(41)37-30(32(38)40)34(2)15-9-6-10-16-34;;;;;;/h12-13,17,20-21,23-25,28-31H,3-11,14-16,18H2,1-2H3,(H,41,45);16-17,20,23,25,29-32H,4-15,18-19,21H2,1-3H3,(H,39,43);13-14,18,21,23,27-30H,4-12,15-17,19H2,1-3H3,(H,37,41);;;;3*1H/q3*-1;;;;;;/t21?,23-,24+,25?,28+,29+,30-,31-;23-,25+,29-,30-,31+,32-;21-,23+,27-,28-,29+,30-;;;;;;/m011....../s1. The van der Waals surface area contributed by atoms with Crippen molar-refractivity contribution in [1.82, 2.24) is 60.6 Å². The number of alkyl carbamates (subject to hydrolysis) is 3. The number of ether oxygens (including phenoxy) is 9. The maximum absolute atomic E-state index is 16.2. The number of alkyl halides is 2. The van der Waals surface area contributed by atoms with Crippen molar-refractivity contribution in [2.75, 3.05) is 41.0 Å². The Balaban J connectivity index is 0.000000202. The van der Waals surface area contributed by atoms with Gasteiger partial charge in [0.1, 0.15) is 83.4 Å². The zero-order valence-electron chi connectivity index (χ0n) is 82.8. The molecule has 141 heavy (non-hydrogen) atoms. The number of methoxy groups -OCH3 is 3. The van der Waals surface area contributed by atoms with Crippen molar-refractivity contribution in [3.05, 3.63) is 71.7 Å². The number of carbonyl (C=O) groups excluding carboxylic acids is 9. The van der Waals surface area contributed by atoms with Crippen LogP contribution in [0.5, 0.6) is 34.9 Å². The molecule has 3 N–H and O–H groups in total. The van der Waals surface area contributed by atoms with Gasteiger partial charge in [0.25, 0.3) is 5.92 Å². The summed E-state index contributed by atoms with van der Waals surface area (Å²) in [5, 5.41) is 8.98. The van der Waals surface area contributed by atoms with E-state index in [9.17, 15) is 43.2 Å². The van der Waals surface area contributed by atoms with E-state index in [1.54, 1.807) is 42.2 Å². The summed E-state index contributed by atoms with van der Waals surface area (Å²) < 4.78 is 86.1. The Bertz CT molecular complexity index is 5390. The van der Waals surface area contributed by atoms with Crippen LogP contribution < -0.4 is 44.4 Å². The van der Waals surface area contributed by atoms with Crippen molar-refractivity contribution < 1.29 is 155 Å². The second kappa shape index (κ2) is 48.1. The van der Waals surface area contributed by atoms with Crippen LogP contribution in [0.25, 0.3) is 33.1 Å². The molecule has 7 saturated carbocycles. The Labute approximate surface area is 866 Å². The minimum absolute atomic E-state index is 0. The maximum atomic E-state index is 16.2. The van der Waals surface area contributed by atoms with Gasteiger partial charge in [0.15, 0.2) is 5.69 Å². The number of aromatic nitrogens is 6. The zero-order valence-corrected chi connectivity index (χ0v) is 87.0. The Hall–Kier alpha value is -8.68. The molecular weight excluding hydrogens is 1920 g/mol. The number of nitrogens with zero attached hydrogens (tertiary/aromatic N) is 9. The van der Waals surface area contributed by atoms with Gasteiger partial charge in [-0.05, 0) is 229 Å². The summed E-state index contributed by atoms with van der Waals surface area (Å²) in [4.78, 5) is 154. The Morgan fingerprint density at radius 1 is 0.383 bits per heavy atom. The number of hydrogen-bond donors (Lipinski definition) is 3. The fraction of sp³-hybridized carbons (Fsp3) is 0.689. The molecule has 6 bridgehead atoms. The first kappa shape index (κ1) is 108. The molecule has 9 heterocycles. The summed E-state index contributed by atoms with van der Waals surface area (Å²) in [6, 6.07) is 11.0. The van der Waals surface area contributed by atoms with E-state index in [-0.39, 0.29) is 151 Å². The van der Waals surface area contributed by atoms with Gasteiger partial charge in [0.2, 0.25) is 35.4 Å². The molecule has 0 spiro atoms. The molecule has 3 saturated heterocycles. The number of halogens is 2. The number of hydrogen-bond acceptors (Lipinski definition) is 24. The van der Waals surface area contributed by atoms with Gasteiger partial charge in [0, 0.05) is 84.6 Å². The molecule has 6 aliphatic heterocycles. The molecule has 6 aromatic rings. The van der Waals surface area contributed by atoms with E-state index in [1.165, 1.54) is 12.0 Å². The fourth-order valence-electron chi connectivity index (χ4n) is 25.1. The minimum atomic E-state index is -3.35. The van der Waals surface area contributed by atoms with Gasteiger partial charge in [-0.15, -0.1) is 0 Å². The Morgan fingerprint density at radius 2 is 0.766 bits per heavy atom. The van der Waals surface area contributed by atoms with E-state index in [2.05, 4.69) is 52.3 Å². The number of nitrogens with one attached hydrogen (secondary N) is 3. The first-order valence-corrected chi connectivity index (χ1v) is 51.8. The van der Waals surface area contributed by atoms with Gasteiger partial charge < -0.3 is 87.7 Å². The number of fused-ring (bicyclic) bond motifs is 17. The number of aryl methyl sites for hydroxylation is 2. The average molecular weight is 2070 g/mol. The smallest absolute Gasteiger partial charge is 0.408 e. The molecule has 20 atom stereocenters. The first-order valence-electron chi connectivity index (χ1n) is 51.8. The maximum Gasteiger partial charge on any atom is 0.408 e. The van der Waals surface area contributed by atoms with Crippen molar-refractivity contribution in [3.8, 4) is 34.9 Å². The van der Waals surface area contributed by atoms with Crippen LogP contribution >= 0.6 is 0 Å². The molecule has 7 aliphatic carbocycles. The van der Waals surface area contributed by atoms with Crippen LogP contribution in [-0.2, 0) is 117 Å². The molecule has 3 aromatic heterocycles. The van der Waals surface area contributed by atoms with Crippen molar-refractivity contribution in [3.63, 3.8) is 0 Å². The van der Waals surface area contributed by atoms with Gasteiger partial charge in [-0.3, -0.25) is 14.4 Å². The SMILES string of the molecule is CC[C@@H]1[C@@H]2CN(C(=O)[C@H](C3(C)CCCCC3)NC(=O)O[C@@H]3CCC[C@H]3CCCCCc3nc4ccc(OC)cc4nc3O2)[C@@H]1[C-]=O.CC[C@@H]1[C@@H]2CN(C(=O)[C@H](C3(C)CCCCC3)NC(=O)O[C@@H]3C[C@H]3CCCCCc3nc4ccc(OC)cc4nc3O2)[C@@H]1[C-]=O.CC[C@@H]1[C@@H]2CN(C(=O)[C@H](C3CCCCC3)NC(=O)O[C@@H]3CC4CC4[C@H]3CCCCC(F)(F)c3nc4ccc(OC)cc4nc3O2)[C@@H]1[C-]=O.[HH].[HH].[HH].[V].[V].[V]. The molecule has 35 heteroatoms. The normalized spacial score (nSPS) is 31.2. The van der Waals surface area contributed by atoms with Gasteiger partial charge in [0.05, 0.1) is 74.1 Å². The summed E-state index contributed by atoms with van der Waals surface area (Å²) in [5.41, 5.74) is 3.59. The molecule has 6 amide bonds. The van der Waals surface area contributed by atoms with Crippen molar-refractivity contribution >= 4 is 88.0 Å². The molecule has 10 fully saturated rings. The Kier molecular flexibility index (Phi) is 36.9. The van der Waals surface area contributed by atoms with Crippen molar-refractivity contribution in [2.45, 2.75) is 357 Å². The van der Waals surface area contributed by atoms with Crippen LogP contribution in [0.2, 0.25) is 0 Å². The van der Waals surface area contributed by atoms with Crippen LogP contribution in [0.15, 0.2) is 54.6 Å². The third-order valence-corrected chi connectivity index (χ3v) is 33.3. The summed E-state index contributed by atoms with van der Waals surface area (Å²) in [5.74, 6) is -1.40. The largest absolute Gasteiger partial charge is 0.540 e. The molecule has 19 rings (SSSR count). The number of carbonyl (C=O) groups is 6. The zero-order chi connectivity index (χ0) is 96.7. The Morgan fingerprint density at radius 3 is 1.23 bits per heavy atom. The predicted octanol–water partition coefficient (Wildman–Crippen LogP) is 18.2. The number of benzene rings is 3. The molecular formula is C106H145F2N12O18V3-3. The summed E-state index contributed by atoms with van der Waals surface area (Å²) in [6.07, 6.45) is 33.8. The van der Waals surface area contributed by atoms with E-state index in [0.29, 0.717) is 114 Å². The number of rotatable bonds is 12. The van der Waals surface area contributed by atoms with Gasteiger partial charge in [-0.25, -0.2) is 63.1 Å². The van der Waals surface area contributed by atoms with Crippen LogP contribution in [0, 0.1) is 64.1 Å². The van der Waals surface area contributed by atoms with Gasteiger partial charge in [-0.2, -0.15) is 8.78 Å². The fourth-order valence-corrected chi connectivity index (χ4v) is 25.1. The van der Waals surface area contributed by atoms with Crippen LogP contribution in [0.1, 0.15) is 287 Å². The second-order valence-electron chi connectivity index (χ2n) is 42.1. The van der Waals surface area contributed by atoms with Gasteiger partial charge >= 0.3 is 18.3 Å². The quantitative estimate of drug-likeness (QED) is 0.0756.